The summed E-state index contributed by atoms with van der Waals surface area (Å²) in [5.74, 6) is -0.150. The smallest absolute Gasteiger partial charge is 0.264 e. The second-order valence-corrected chi connectivity index (χ2v) is 10.1. The van der Waals surface area contributed by atoms with Crippen molar-refractivity contribution in [1.29, 1.82) is 0 Å². The highest BCUT2D eigenvalue weighted by Gasteiger charge is 2.24. The Labute approximate surface area is 209 Å². The first-order chi connectivity index (χ1) is 16.0. The van der Waals surface area contributed by atoms with E-state index in [-0.39, 0.29) is 5.91 Å². The van der Waals surface area contributed by atoms with Crippen molar-refractivity contribution in [1.82, 2.24) is 9.88 Å². The van der Waals surface area contributed by atoms with Crippen molar-refractivity contribution in [3.05, 3.63) is 104 Å². The van der Waals surface area contributed by atoms with Crippen LogP contribution in [0.1, 0.15) is 16.7 Å². The maximum absolute atomic E-state index is 12.7. The minimum absolute atomic E-state index is 0.150. The van der Waals surface area contributed by atoms with Crippen molar-refractivity contribution >= 4 is 73.0 Å². The van der Waals surface area contributed by atoms with Crippen LogP contribution in [0.15, 0.2) is 87.3 Å². The number of hydrogen-bond acceptors (Lipinski definition) is 3. The highest BCUT2D eigenvalue weighted by atomic mass is 79.9. The van der Waals surface area contributed by atoms with Gasteiger partial charge in [0.15, 0.2) is 5.17 Å². The van der Waals surface area contributed by atoms with Crippen LogP contribution in [0.25, 0.3) is 17.0 Å². The van der Waals surface area contributed by atoms with Crippen molar-refractivity contribution < 1.29 is 4.79 Å². The molecule has 0 spiro atoms. The Bertz CT molecular complexity index is 1440. The van der Waals surface area contributed by atoms with E-state index in [0.29, 0.717) is 15.1 Å². The van der Waals surface area contributed by atoms with Crippen molar-refractivity contribution in [3.8, 4) is 0 Å². The van der Waals surface area contributed by atoms with Crippen LogP contribution in [-0.2, 0) is 11.3 Å². The molecule has 0 radical (unpaired) electrons. The molecule has 4 nitrogen and oxygen atoms in total. The Hall–Kier alpha value is -2.80. The molecule has 4 aromatic rings. The number of nitrogens with one attached hydrogen (secondary N) is 1. The molecule has 0 bridgehead atoms. The number of amides is 1. The number of carbonyl (C=O) groups is 1. The molecule has 1 fully saturated rings. The van der Waals surface area contributed by atoms with Crippen LogP contribution in [-0.4, -0.2) is 15.6 Å². The molecule has 33 heavy (non-hydrogen) atoms. The first-order valence-electron chi connectivity index (χ1n) is 10.3. The summed E-state index contributed by atoms with van der Waals surface area (Å²) in [4.78, 5) is 17.9. The number of carbonyl (C=O) groups excluding carboxylic acids is 1. The number of hydrogen-bond donors (Lipinski definition) is 1. The van der Waals surface area contributed by atoms with Crippen LogP contribution in [0.5, 0.6) is 0 Å². The van der Waals surface area contributed by atoms with Gasteiger partial charge in [-0.15, -0.1) is 0 Å². The SMILES string of the molecule is Cc1c(Cl)cccc1N=C1NC(=O)/C(=C/c2cn(Cc3ccc(Br)cc3)c3ccccc23)S1. The molecule has 1 aromatic heterocycles. The number of nitrogens with zero attached hydrogens (tertiary/aromatic N) is 2. The Morgan fingerprint density at radius 2 is 1.88 bits per heavy atom. The van der Waals surface area contributed by atoms with Crippen molar-refractivity contribution in [2.45, 2.75) is 13.5 Å². The average Bonchev–Trinajstić information content (AvgIpc) is 3.33. The molecular weight excluding hydrogens is 518 g/mol. The summed E-state index contributed by atoms with van der Waals surface area (Å²) >= 11 is 11.0. The van der Waals surface area contributed by atoms with E-state index in [1.807, 2.05) is 55.5 Å². The minimum atomic E-state index is -0.150. The van der Waals surface area contributed by atoms with E-state index >= 15 is 0 Å². The summed E-state index contributed by atoms with van der Waals surface area (Å²) in [5.41, 5.74) is 4.96. The Kier molecular flexibility index (Phi) is 6.15. The highest BCUT2D eigenvalue weighted by molar-refractivity contribution is 9.10. The standard InChI is InChI=1S/C26H19BrClN3OS/c1-16-21(28)6-4-7-22(16)29-26-30-25(32)24(33-26)13-18-15-31(23-8-3-2-5-20(18)23)14-17-9-11-19(27)12-10-17/h2-13,15H,14H2,1H3,(H,29,30,32)/b24-13-. The van der Waals surface area contributed by atoms with Gasteiger partial charge in [0.05, 0.1) is 10.6 Å². The third-order valence-corrected chi connectivity index (χ3v) is 7.33. The van der Waals surface area contributed by atoms with Gasteiger partial charge < -0.3 is 9.88 Å². The minimum Gasteiger partial charge on any atom is -0.342 e. The zero-order valence-electron chi connectivity index (χ0n) is 17.7. The van der Waals surface area contributed by atoms with Crippen LogP contribution in [0, 0.1) is 6.92 Å². The summed E-state index contributed by atoms with van der Waals surface area (Å²) in [6, 6.07) is 22.1. The number of aliphatic imine (C=N–C) groups is 1. The number of rotatable bonds is 4. The summed E-state index contributed by atoms with van der Waals surface area (Å²) in [6.07, 6.45) is 4.04. The number of thioether (sulfide) groups is 1. The molecule has 0 unspecified atom stereocenters. The maximum Gasteiger partial charge on any atom is 0.264 e. The van der Waals surface area contributed by atoms with E-state index in [2.05, 4.69) is 61.3 Å². The molecule has 0 atom stereocenters. The van der Waals surface area contributed by atoms with Crippen LogP contribution in [0.3, 0.4) is 0 Å². The van der Waals surface area contributed by atoms with Gasteiger partial charge >= 0.3 is 0 Å². The van der Waals surface area contributed by atoms with Crippen molar-refractivity contribution in [2.75, 3.05) is 0 Å². The van der Waals surface area contributed by atoms with E-state index in [0.717, 1.165) is 38.7 Å². The third-order valence-electron chi connectivity index (χ3n) is 5.48. The Morgan fingerprint density at radius 3 is 2.70 bits per heavy atom. The fraction of sp³-hybridized carbons (Fsp3) is 0.0769. The van der Waals surface area contributed by atoms with Crippen LogP contribution >= 0.6 is 39.3 Å². The lowest BCUT2D eigenvalue weighted by Gasteiger charge is -2.05. The van der Waals surface area contributed by atoms with Gasteiger partial charge in [-0.1, -0.05) is 63.9 Å². The predicted octanol–water partition coefficient (Wildman–Crippen LogP) is 7.31. The van der Waals surface area contributed by atoms with Gasteiger partial charge in [0.1, 0.15) is 0 Å². The number of benzene rings is 3. The molecule has 5 rings (SSSR count). The summed E-state index contributed by atoms with van der Waals surface area (Å²) in [5, 5.41) is 5.18. The molecule has 164 valence electrons. The molecule has 1 saturated heterocycles. The fourth-order valence-electron chi connectivity index (χ4n) is 3.76. The quantitative estimate of drug-likeness (QED) is 0.278. The van der Waals surface area contributed by atoms with Crippen LogP contribution in [0.4, 0.5) is 5.69 Å². The number of fused-ring (bicyclic) bond motifs is 1. The van der Waals surface area contributed by atoms with Gasteiger partial charge in [-0.2, -0.15) is 0 Å². The second kappa shape index (κ2) is 9.21. The molecule has 1 aliphatic heterocycles. The van der Waals surface area contributed by atoms with Gasteiger partial charge in [-0.25, -0.2) is 4.99 Å². The topological polar surface area (TPSA) is 46.4 Å². The molecule has 3 aromatic carbocycles. The first-order valence-corrected chi connectivity index (χ1v) is 12.3. The maximum atomic E-state index is 12.7. The largest absolute Gasteiger partial charge is 0.342 e. The lowest BCUT2D eigenvalue weighted by Crippen LogP contribution is -2.19. The Balaban J connectivity index is 1.47. The van der Waals surface area contributed by atoms with Gasteiger partial charge in [-0.3, -0.25) is 4.79 Å². The monoisotopic (exact) mass is 535 g/mol. The van der Waals surface area contributed by atoms with E-state index in [1.165, 1.54) is 17.3 Å². The lowest BCUT2D eigenvalue weighted by molar-refractivity contribution is -0.115. The zero-order chi connectivity index (χ0) is 22.9. The molecule has 0 saturated carbocycles. The van der Waals surface area contributed by atoms with Gasteiger partial charge in [0.2, 0.25) is 0 Å². The molecule has 2 heterocycles. The highest BCUT2D eigenvalue weighted by Crippen LogP contribution is 2.33. The van der Waals surface area contributed by atoms with Crippen molar-refractivity contribution in [3.63, 3.8) is 0 Å². The van der Waals surface area contributed by atoms with Crippen LogP contribution < -0.4 is 5.32 Å². The lowest BCUT2D eigenvalue weighted by atomic mass is 10.1. The first kappa shape index (κ1) is 22.0. The third kappa shape index (κ3) is 4.64. The molecule has 1 amide bonds. The normalized spacial score (nSPS) is 16.2. The van der Waals surface area contributed by atoms with E-state index in [1.54, 1.807) is 0 Å². The number of amidine groups is 1. The fourth-order valence-corrected chi connectivity index (χ4v) is 5.02. The van der Waals surface area contributed by atoms with Crippen molar-refractivity contribution in [2.24, 2.45) is 4.99 Å². The van der Waals surface area contributed by atoms with E-state index in [4.69, 9.17) is 11.6 Å². The van der Waals surface area contributed by atoms with Crippen LogP contribution in [0.2, 0.25) is 5.02 Å². The van der Waals surface area contributed by atoms with E-state index < -0.39 is 0 Å². The molecule has 0 aliphatic carbocycles. The molecular formula is C26H19BrClN3OS. The average molecular weight is 537 g/mol. The summed E-state index contributed by atoms with van der Waals surface area (Å²) in [6.45, 7) is 2.66. The van der Waals surface area contributed by atoms with E-state index in [9.17, 15) is 4.79 Å². The number of para-hydroxylation sites is 1. The molecule has 1 aliphatic rings. The number of halogens is 2. The van der Waals surface area contributed by atoms with Gasteiger partial charge in [-0.05, 0) is 66.2 Å². The second-order valence-electron chi connectivity index (χ2n) is 7.72. The number of aromatic nitrogens is 1. The predicted molar refractivity (Wildman–Crippen MR) is 142 cm³/mol. The summed E-state index contributed by atoms with van der Waals surface area (Å²) < 4.78 is 3.27. The summed E-state index contributed by atoms with van der Waals surface area (Å²) in [7, 11) is 0. The molecule has 1 N–H and O–H groups in total. The Morgan fingerprint density at radius 1 is 1.09 bits per heavy atom. The molecule has 7 heteroatoms. The van der Waals surface area contributed by atoms with Gasteiger partial charge in [0, 0.05) is 38.7 Å². The zero-order valence-corrected chi connectivity index (χ0v) is 20.8. The van der Waals surface area contributed by atoms with Gasteiger partial charge in [0.25, 0.3) is 5.91 Å².